The van der Waals surface area contributed by atoms with Gasteiger partial charge in [-0.2, -0.15) is 0 Å². The Balaban J connectivity index is 2.06. The number of rotatable bonds is 3. The summed E-state index contributed by atoms with van der Waals surface area (Å²) in [6.07, 6.45) is 3.70. The quantitative estimate of drug-likeness (QED) is 0.948. The maximum absolute atomic E-state index is 12.8. The predicted octanol–water partition coefficient (Wildman–Crippen LogP) is 2.84. The average molecular weight is 312 g/mol. The molecular weight excluding hydrogens is 292 g/mol. The lowest BCUT2D eigenvalue weighted by Crippen LogP contribution is -2.27. The van der Waals surface area contributed by atoms with Crippen molar-refractivity contribution in [2.24, 2.45) is 0 Å². The number of carbonyl (C=O) groups excluding carboxylic acids is 1. The SMILES string of the molecule is COc1cc(=O)n2c(c1C(=O)Nc1ccccc1)CCCCC2. The van der Waals surface area contributed by atoms with Crippen LogP contribution in [0.2, 0.25) is 0 Å². The summed E-state index contributed by atoms with van der Waals surface area (Å²) in [5, 5.41) is 2.89. The molecule has 0 aliphatic carbocycles. The number of aromatic nitrogens is 1. The zero-order chi connectivity index (χ0) is 16.2. The van der Waals surface area contributed by atoms with E-state index in [0.717, 1.165) is 30.6 Å². The van der Waals surface area contributed by atoms with Gasteiger partial charge >= 0.3 is 0 Å². The lowest BCUT2D eigenvalue weighted by Gasteiger charge is -2.17. The molecule has 120 valence electrons. The molecule has 1 N–H and O–H groups in total. The molecule has 1 aliphatic heterocycles. The first kappa shape index (κ1) is 15.3. The molecule has 3 rings (SSSR count). The lowest BCUT2D eigenvalue weighted by molar-refractivity contribution is 0.102. The van der Waals surface area contributed by atoms with Crippen LogP contribution >= 0.6 is 0 Å². The third kappa shape index (κ3) is 3.13. The van der Waals surface area contributed by atoms with Gasteiger partial charge in [-0.15, -0.1) is 0 Å². The Morgan fingerprint density at radius 1 is 1.17 bits per heavy atom. The fourth-order valence-electron chi connectivity index (χ4n) is 3.04. The van der Waals surface area contributed by atoms with Crippen molar-refractivity contribution in [2.75, 3.05) is 12.4 Å². The van der Waals surface area contributed by atoms with E-state index in [-0.39, 0.29) is 11.5 Å². The Bertz CT molecular complexity index is 766. The van der Waals surface area contributed by atoms with Gasteiger partial charge in [-0.25, -0.2) is 0 Å². The van der Waals surface area contributed by atoms with Crippen molar-refractivity contribution < 1.29 is 9.53 Å². The zero-order valence-electron chi connectivity index (χ0n) is 13.2. The second kappa shape index (κ2) is 6.69. The fraction of sp³-hybridized carbons (Fsp3) is 0.333. The van der Waals surface area contributed by atoms with E-state index in [1.54, 1.807) is 4.57 Å². The van der Waals surface area contributed by atoms with Crippen LogP contribution in [0, 0.1) is 0 Å². The minimum atomic E-state index is -0.237. The van der Waals surface area contributed by atoms with Crippen molar-refractivity contribution in [3.63, 3.8) is 0 Å². The third-order valence-electron chi connectivity index (χ3n) is 4.16. The molecule has 23 heavy (non-hydrogen) atoms. The van der Waals surface area contributed by atoms with Gasteiger partial charge in [0.2, 0.25) is 0 Å². The Kier molecular flexibility index (Phi) is 4.46. The first-order valence-electron chi connectivity index (χ1n) is 7.88. The van der Waals surface area contributed by atoms with Gasteiger partial charge in [0.05, 0.1) is 7.11 Å². The van der Waals surface area contributed by atoms with Gasteiger partial charge in [0.25, 0.3) is 11.5 Å². The minimum absolute atomic E-state index is 0.102. The van der Waals surface area contributed by atoms with Gasteiger partial charge in [-0.05, 0) is 31.4 Å². The van der Waals surface area contributed by atoms with Crippen molar-refractivity contribution in [1.29, 1.82) is 0 Å². The van der Waals surface area contributed by atoms with Crippen molar-refractivity contribution >= 4 is 11.6 Å². The molecule has 1 amide bonds. The minimum Gasteiger partial charge on any atom is -0.496 e. The number of fused-ring (bicyclic) bond motifs is 1. The van der Waals surface area contributed by atoms with E-state index in [1.807, 2.05) is 30.3 Å². The number of ether oxygens (including phenoxy) is 1. The van der Waals surface area contributed by atoms with Gasteiger partial charge in [0, 0.05) is 24.0 Å². The number of para-hydroxylation sites is 1. The highest BCUT2D eigenvalue weighted by molar-refractivity contribution is 6.07. The molecule has 0 atom stereocenters. The summed E-state index contributed by atoms with van der Waals surface area (Å²) in [5.74, 6) is 0.107. The lowest BCUT2D eigenvalue weighted by atomic mass is 10.1. The molecule has 0 radical (unpaired) electrons. The van der Waals surface area contributed by atoms with Crippen LogP contribution in [0.5, 0.6) is 5.75 Å². The monoisotopic (exact) mass is 312 g/mol. The highest BCUT2D eigenvalue weighted by atomic mass is 16.5. The van der Waals surface area contributed by atoms with Crippen LogP contribution in [0.1, 0.15) is 35.3 Å². The second-order valence-electron chi connectivity index (χ2n) is 5.66. The number of nitrogens with one attached hydrogen (secondary N) is 1. The summed E-state index contributed by atoms with van der Waals surface area (Å²) < 4.78 is 7.04. The first-order chi connectivity index (χ1) is 11.2. The van der Waals surface area contributed by atoms with Crippen molar-refractivity contribution in [1.82, 2.24) is 4.57 Å². The number of carbonyl (C=O) groups is 1. The largest absolute Gasteiger partial charge is 0.496 e. The van der Waals surface area contributed by atoms with Crippen LogP contribution in [0.4, 0.5) is 5.69 Å². The maximum Gasteiger partial charge on any atom is 0.261 e. The number of pyridine rings is 1. The van der Waals surface area contributed by atoms with E-state index in [1.165, 1.54) is 13.2 Å². The van der Waals surface area contributed by atoms with Crippen molar-refractivity contribution in [2.45, 2.75) is 32.2 Å². The van der Waals surface area contributed by atoms with Crippen LogP contribution in [-0.4, -0.2) is 17.6 Å². The van der Waals surface area contributed by atoms with Crippen LogP contribution in [0.15, 0.2) is 41.2 Å². The summed E-state index contributed by atoms with van der Waals surface area (Å²) in [6.45, 7) is 0.657. The van der Waals surface area contributed by atoms with E-state index < -0.39 is 0 Å². The molecule has 0 fully saturated rings. The van der Waals surface area contributed by atoms with Gasteiger partial charge in [-0.1, -0.05) is 24.6 Å². The molecule has 2 aromatic rings. The van der Waals surface area contributed by atoms with E-state index in [0.29, 0.717) is 24.3 Å². The number of hydrogen-bond donors (Lipinski definition) is 1. The third-order valence-corrected chi connectivity index (χ3v) is 4.16. The summed E-state index contributed by atoms with van der Waals surface area (Å²) in [7, 11) is 1.49. The Hall–Kier alpha value is -2.56. The summed E-state index contributed by atoms with van der Waals surface area (Å²) >= 11 is 0. The molecular formula is C18H20N2O3. The first-order valence-corrected chi connectivity index (χ1v) is 7.88. The van der Waals surface area contributed by atoms with Crippen LogP contribution in [-0.2, 0) is 13.0 Å². The number of nitrogens with zero attached hydrogens (tertiary/aromatic N) is 1. The Labute approximate surface area is 134 Å². The molecule has 0 saturated carbocycles. The summed E-state index contributed by atoms with van der Waals surface area (Å²) in [6, 6.07) is 10.7. The molecule has 0 unspecified atom stereocenters. The highest BCUT2D eigenvalue weighted by Crippen LogP contribution is 2.25. The molecule has 0 saturated heterocycles. The maximum atomic E-state index is 12.8. The molecule has 5 heteroatoms. The molecule has 5 nitrogen and oxygen atoms in total. The van der Waals surface area contributed by atoms with Crippen LogP contribution in [0.3, 0.4) is 0 Å². The standard InChI is InChI=1S/C18H20N2O3/c1-23-15-12-16(21)20-11-7-3-6-10-14(20)17(15)18(22)19-13-8-4-2-5-9-13/h2,4-5,8-9,12H,3,6-7,10-11H2,1H3,(H,19,22). The highest BCUT2D eigenvalue weighted by Gasteiger charge is 2.23. The van der Waals surface area contributed by atoms with Gasteiger partial charge in [0.15, 0.2) is 0 Å². The smallest absolute Gasteiger partial charge is 0.261 e. The second-order valence-corrected chi connectivity index (χ2v) is 5.66. The van der Waals surface area contributed by atoms with E-state index in [4.69, 9.17) is 4.74 Å². The number of hydrogen-bond acceptors (Lipinski definition) is 3. The summed E-state index contributed by atoms with van der Waals surface area (Å²) in [4.78, 5) is 25.1. The average Bonchev–Trinajstić information content (AvgIpc) is 2.81. The van der Waals surface area contributed by atoms with Gasteiger partial charge in [0.1, 0.15) is 11.3 Å². The number of benzene rings is 1. The predicted molar refractivity (Wildman–Crippen MR) is 89.2 cm³/mol. The van der Waals surface area contributed by atoms with Gasteiger partial charge in [-0.3, -0.25) is 9.59 Å². The molecule has 2 heterocycles. The fourth-order valence-corrected chi connectivity index (χ4v) is 3.04. The Morgan fingerprint density at radius 3 is 2.70 bits per heavy atom. The van der Waals surface area contributed by atoms with E-state index in [2.05, 4.69) is 5.32 Å². The van der Waals surface area contributed by atoms with Crippen LogP contribution < -0.4 is 15.6 Å². The van der Waals surface area contributed by atoms with Gasteiger partial charge < -0.3 is 14.6 Å². The number of anilines is 1. The van der Waals surface area contributed by atoms with Crippen molar-refractivity contribution in [3.8, 4) is 5.75 Å². The summed E-state index contributed by atoms with van der Waals surface area (Å²) in [5.41, 5.74) is 1.87. The molecule has 1 aromatic heterocycles. The van der Waals surface area contributed by atoms with Crippen molar-refractivity contribution in [3.05, 3.63) is 58.0 Å². The number of amides is 1. The van der Waals surface area contributed by atoms with E-state index in [9.17, 15) is 9.59 Å². The zero-order valence-corrected chi connectivity index (χ0v) is 13.2. The molecule has 0 spiro atoms. The van der Waals surface area contributed by atoms with Crippen LogP contribution in [0.25, 0.3) is 0 Å². The molecule has 1 aliphatic rings. The topological polar surface area (TPSA) is 60.3 Å². The normalized spacial score (nSPS) is 13.8. The van der Waals surface area contributed by atoms with E-state index >= 15 is 0 Å². The number of methoxy groups -OCH3 is 1. The Morgan fingerprint density at radius 2 is 1.96 bits per heavy atom. The molecule has 1 aromatic carbocycles. The molecule has 0 bridgehead atoms.